The lowest BCUT2D eigenvalue weighted by atomic mass is 9.76. The molecule has 0 bridgehead atoms. The van der Waals surface area contributed by atoms with Crippen LogP contribution in [0.2, 0.25) is 0 Å². The summed E-state index contributed by atoms with van der Waals surface area (Å²) in [4.78, 5) is 0. The first-order valence-corrected chi connectivity index (χ1v) is 4.78. The summed E-state index contributed by atoms with van der Waals surface area (Å²) >= 11 is 0. The van der Waals surface area contributed by atoms with Crippen molar-refractivity contribution in [3.8, 4) is 0 Å². The van der Waals surface area contributed by atoms with Crippen LogP contribution >= 0.6 is 0 Å². The number of rotatable bonds is 0. The van der Waals surface area contributed by atoms with Crippen molar-refractivity contribution in [1.29, 1.82) is 0 Å². The van der Waals surface area contributed by atoms with Crippen LogP contribution in [-0.2, 0) is 0 Å². The van der Waals surface area contributed by atoms with Crippen LogP contribution in [0.25, 0.3) is 0 Å². The quantitative estimate of drug-likeness (QED) is 0.574. The fourth-order valence-corrected chi connectivity index (χ4v) is 1.38. The first kappa shape index (κ1) is 11.0. The largest absolute Gasteiger partial charge is 0.393 e. The minimum Gasteiger partial charge on any atom is -0.393 e. The first-order chi connectivity index (χ1) is 5.10. The standard InChI is InChI=1S/C8H16O.C2H6/c1-8(2)5-3-7(9)4-6-8;1-2/h7,9H,3-6H2,1-2H3;1-2H3. The molecule has 0 unspecified atom stereocenters. The van der Waals surface area contributed by atoms with Gasteiger partial charge in [-0.2, -0.15) is 0 Å². The van der Waals surface area contributed by atoms with Gasteiger partial charge in [0.05, 0.1) is 6.10 Å². The number of aliphatic hydroxyl groups excluding tert-OH is 1. The van der Waals surface area contributed by atoms with Crippen LogP contribution in [0.1, 0.15) is 53.4 Å². The first-order valence-electron chi connectivity index (χ1n) is 4.78. The van der Waals surface area contributed by atoms with E-state index < -0.39 is 0 Å². The molecule has 0 aromatic rings. The van der Waals surface area contributed by atoms with E-state index in [1.165, 1.54) is 12.8 Å². The van der Waals surface area contributed by atoms with Gasteiger partial charge in [-0.3, -0.25) is 0 Å². The maximum atomic E-state index is 9.14. The average Bonchev–Trinajstić information content (AvgIpc) is 2.00. The third-order valence-corrected chi connectivity index (χ3v) is 2.31. The van der Waals surface area contributed by atoms with E-state index in [1.807, 2.05) is 13.8 Å². The van der Waals surface area contributed by atoms with E-state index in [1.54, 1.807) is 0 Å². The summed E-state index contributed by atoms with van der Waals surface area (Å²) < 4.78 is 0. The molecule has 1 N–H and O–H groups in total. The van der Waals surface area contributed by atoms with Crippen molar-refractivity contribution in [2.24, 2.45) is 5.41 Å². The third-order valence-electron chi connectivity index (χ3n) is 2.31. The van der Waals surface area contributed by atoms with Crippen molar-refractivity contribution in [3.63, 3.8) is 0 Å². The van der Waals surface area contributed by atoms with Crippen molar-refractivity contribution in [2.45, 2.75) is 59.5 Å². The molecular formula is C10H22O. The van der Waals surface area contributed by atoms with Gasteiger partial charge in [0.25, 0.3) is 0 Å². The normalized spacial score (nSPS) is 23.7. The van der Waals surface area contributed by atoms with E-state index in [9.17, 15) is 0 Å². The number of hydrogen-bond acceptors (Lipinski definition) is 1. The Hall–Kier alpha value is -0.0400. The molecule has 0 saturated heterocycles. The Morgan fingerprint density at radius 1 is 1.09 bits per heavy atom. The van der Waals surface area contributed by atoms with Crippen molar-refractivity contribution >= 4 is 0 Å². The molecule has 0 aromatic heterocycles. The maximum absolute atomic E-state index is 9.14. The minimum absolute atomic E-state index is 0.00183. The maximum Gasteiger partial charge on any atom is 0.0540 e. The summed E-state index contributed by atoms with van der Waals surface area (Å²) in [7, 11) is 0. The highest BCUT2D eigenvalue weighted by Gasteiger charge is 2.24. The molecule has 1 rings (SSSR count). The average molecular weight is 158 g/mol. The van der Waals surface area contributed by atoms with Crippen LogP contribution in [-0.4, -0.2) is 11.2 Å². The van der Waals surface area contributed by atoms with Gasteiger partial charge in [0.1, 0.15) is 0 Å². The van der Waals surface area contributed by atoms with E-state index in [0.29, 0.717) is 5.41 Å². The van der Waals surface area contributed by atoms with Gasteiger partial charge in [0, 0.05) is 0 Å². The highest BCUT2D eigenvalue weighted by atomic mass is 16.3. The molecule has 0 amide bonds. The molecule has 0 atom stereocenters. The lowest BCUT2D eigenvalue weighted by molar-refractivity contribution is 0.0800. The fraction of sp³-hybridized carbons (Fsp3) is 1.00. The van der Waals surface area contributed by atoms with Crippen molar-refractivity contribution < 1.29 is 5.11 Å². The second-order valence-corrected chi connectivity index (χ2v) is 3.90. The van der Waals surface area contributed by atoms with Gasteiger partial charge >= 0.3 is 0 Å². The zero-order chi connectivity index (χ0) is 8.91. The van der Waals surface area contributed by atoms with E-state index in [4.69, 9.17) is 5.11 Å². The molecular weight excluding hydrogens is 136 g/mol. The molecule has 0 radical (unpaired) electrons. The molecule has 1 nitrogen and oxygen atoms in total. The molecule has 1 heteroatoms. The van der Waals surface area contributed by atoms with E-state index in [-0.39, 0.29) is 6.10 Å². The summed E-state index contributed by atoms with van der Waals surface area (Å²) in [5.41, 5.74) is 0.499. The van der Waals surface area contributed by atoms with Crippen molar-refractivity contribution in [1.82, 2.24) is 0 Å². The van der Waals surface area contributed by atoms with Gasteiger partial charge in [-0.15, -0.1) is 0 Å². The van der Waals surface area contributed by atoms with Crippen LogP contribution in [0.15, 0.2) is 0 Å². The lowest BCUT2D eigenvalue weighted by Crippen LogP contribution is -2.23. The van der Waals surface area contributed by atoms with Gasteiger partial charge in [0.2, 0.25) is 0 Å². The van der Waals surface area contributed by atoms with E-state index in [2.05, 4.69) is 13.8 Å². The number of aliphatic hydroxyl groups is 1. The van der Waals surface area contributed by atoms with E-state index in [0.717, 1.165) is 12.8 Å². The zero-order valence-electron chi connectivity index (χ0n) is 8.35. The van der Waals surface area contributed by atoms with Crippen molar-refractivity contribution in [2.75, 3.05) is 0 Å². The second-order valence-electron chi connectivity index (χ2n) is 3.90. The smallest absolute Gasteiger partial charge is 0.0540 e. The third kappa shape index (κ3) is 4.41. The second kappa shape index (κ2) is 4.76. The van der Waals surface area contributed by atoms with Crippen LogP contribution in [0.4, 0.5) is 0 Å². The van der Waals surface area contributed by atoms with Gasteiger partial charge in [0.15, 0.2) is 0 Å². The summed E-state index contributed by atoms with van der Waals surface area (Å²) in [6, 6.07) is 0. The Labute approximate surface area is 70.8 Å². The van der Waals surface area contributed by atoms with E-state index >= 15 is 0 Å². The highest BCUT2D eigenvalue weighted by molar-refractivity contribution is 4.77. The summed E-state index contributed by atoms with van der Waals surface area (Å²) in [5, 5.41) is 9.14. The predicted octanol–water partition coefficient (Wildman–Crippen LogP) is 2.97. The molecule has 0 heterocycles. The van der Waals surface area contributed by atoms with Crippen molar-refractivity contribution in [3.05, 3.63) is 0 Å². The Bertz CT molecular complexity index is 87.0. The topological polar surface area (TPSA) is 20.2 Å². The van der Waals surface area contributed by atoms with Crippen LogP contribution in [0, 0.1) is 5.41 Å². The molecule has 1 aliphatic rings. The van der Waals surface area contributed by atoms with Gasteiger partial charge in [-0.25, -0.2) is 0 Å². The number of hydrogen-bond donors (Lipinski definition) is 1. The van der Waals surface area contributed by atoms with Crippen LogP contribution in [0.3, 0.4) is 0 Å². The molecule has 1 saturated carbocycles. The lowest BCUT2D eigenvalue weighted by Gasteiger charge is -2.31. The Balaban J connectivity index is 0.000000461. The van der Waals surface area contributed by atoms with Gasteiger partial charge in [-0.1, -0.05) is 27.7 Å². The Morgan fingerprint density at radius 2 is 1.45 bits per heavy atom. The zero-order valence-corrected chi connectivity index (χ0v) is 8.35. The molecule has 0 aromatic carbocycles. The van der Waals surface area contributed by atoms with Gasteiger partial charge < -0.3 is 5.11 Å². The monoisotopic (exact) mass is 158 g/mol. The van der Waals surface area contributed by atoms with Crippen LogP contribution < -0.4 is 0 Å². The highest BCUT2D eigenvalue weighted by Crippen LogP contribution is 2.34. The minimum atomic E-state index is -0.00183. The Kier molecular flexibility index (Phi) is 4.74. The molecule has 0 spiro atoms. The fourth-order valence-electron chi connectivity index (χ4n) is 1.38. The summed E-state index contributed by atoms with van der Waals surface area (Å²) in [5.74, 6) is 0. The predicted molar refractivity (Wildman–Crippen MR) is 49.6 cm³/mol. The summed E-state index contributed by atoms with van der Waals surface area (Å²) in [6.45, 7) is 8.55. The van der Waals surface area contributed by atoms with Crippen LogP contribution in [0.5, 0.6) is 0 Å². The Morgan fingerprint density at radius 3 is 1.73 bits per heavy atom. The molecule has 0 aliphatic heterocycles. The molecule has 11 heavy (non-hydrogen) atoms. The molecule has 1 aliphatic carbocycles. The van der Waals surface area contributed by atoms with Gasteiger partial charge in [-0.05, 0) is 31.1 Å². The molecule has 68 valence electrons. The SMILES string of the molecule is CC.CC1(C)CCC(O)CC1. The summed E-state index contributed by atoms with van der Waals surface area (Å²) in [6.07, 6.45) is 4.39. The molecule has 1 fully saturated rings.